The van der Waals surface area contributed by atoms with E-state index in [4.69, 9.17) is 15.2 Å². The van der Waals surface area contributed by atoms with Gasteiger partial charge in [-0.2, -0.15) is 0 Å². The average molecular weight is 342 g/mol. The molecule has 1 aromatic rings. The van der Waals surface area contributed by atoms with Crippen LogP contribution in [0.15, 0.2) is 16.6 Å². The van der Waals surface area contributed by atoms with Crippen molar-refractivity contribution in [3.8, 4) is 11.5 Å². The molecule has 0 saturated heterocycles. The Morgan fingerprint density at radius 3 is 2.70 bits per heavy atom. The second-order valence-corrected chi connectivity index (χ2v) is 6.62. The van der Waals surface area contributed by atoms with Crippen LogP contribution in [0.1, 0.15) is 43.8 Å². The molecule has 110 valence electrons. The predicted octanol–water partition coefficient (Wildman–Crippen LogP) is 3.12. The maximum Gasteiger partial charge on any atom is 0.231 e. The summed E-state index contributed by atoms with van der Waals surface area (Å²) in [5, 5.41) is 10.9. The highest BCUT2D eigenvalue weighted by atomic mass is 79.9. The van der Waals surface area contributed by atoms with Crippen LogP contribution < -0.4 is 15.2 Å². The van der Waals surface area contributed by atoms with Crippen LogP contribution in [-0.2, 0) is 0 Å². The van der Waals surface area contributed by atoms with Gasteiger partial charge in [0.1, 0.15) is 0 Å². The zero-order valence-electron chi connectivity index (χ0n) is 11.4. The van der Waals surface area contributed by atoms with Gasteiger partial charge >= 0.3 is 0 Å². The molecule has 1 heterocycles. The number of hydrogen-bond donors (Lipinski definition) is 2. The number of aliphatic hydroxyl groups excluding tert-OH is 1. The number of aliphatic hydroxyl groups is 1. The van der Waals surface area contributed by atoms with Crippen molar-refractivity contribution in [3.63, 3.8) is 0 Å². The molecular formula is C15H20BrNO3. The SMILES string of the molecule is NCC1(C(O)c2cc(Br)c3c(c2)OCO3)CCCCC1. The Bertz CT molecular complexity index is 500. The predicted molar refractivity (Wildman–Crippen MR) is 79.8 cm³/mol. The van der Waals surface area contributed by atoms with Gasteiger partial charge in [0.2, 0.25) is 6.79 Å². The van der Waals surface area contributed by atoms with Crippen molar-refractivity contribution < 1.29 is 14.6 Å². The number of nitrogens with two attached hydrogens (primary N) is 1. The van der Waals surface area contributed by atoms with Crippen molar-refractivity contribution in [1.82, 2.24) is 0 Å². The Morgan fingerprint density at radius 1 is 1.25 bits per heavy atom. The molecule has 0 amide bonds. The van der Waals surface area contributed by atoms with E-state index in [1.807, 2.05) is 12.1 Å². The van der Waals surface area contributed by atoms with Gasteiger partial charge < -0.3 is 20.3 Å². The lowest BCUT2D eigenvalue weighted by atomic mass is 9.68. The zero-order valence-corrected chi connectivity index (χ0v) is 13.0. The van der Waals surface area contributed by atoms with Gasteiger partial charge in [-0.05, 0) is 46.5 Å². The quantitative estimate of drug-likeness (QED) is 0.886. The number of hydrogen-bond acceptors (Lipinski definition) is 4. The highest BCUT2D eigenvalue weighted by molar-refractivity contribution is 9.10. The molecule has 5 heteroatoms. The van der Waals surface area contributed by atoms with Crippen LogP contribution >= 0.6 is 15.9 Å². The first-order valence-electron chi connectivity index (χ1n) is 7.13. The van der Waals surface area contributed by atoms with Crippen molar-refractivity contribution in [1.29, 1.82) is 0 Å². The van der Waals surface area contributed by atoms with E-state index < -0.39 is 6.10 Å². The Morgan fingerprint density at radius 2 is 2.00 bits per heavy atom. The third-order valence-corrected chi connectivity index (χ3v) is 5.19. The standard InChI is InChI=1S/C15H20BrNO3/c16-11-6-10(7-12-13(11)20-9-19-12)14(18)15(8-17)4-2-1-3-5-15/h6-7,14,18H,1-5,8-9,17H2. The minimum Gasteiger partial charge on any atom is -0.454 e. The maximum absolute atomic E-state index is 10.9. The lowest BCUT2D eigenvalue weighted by Crippen LogP contribution is -2.38. The van der Waals surface area contributed by atoms with Crippen molar-refractivity contribution in [2.75, 3.05) is 13.3 Å². The van der Waals surface area contributed by atoms with Crippen LogP contribution in [-0.4, -0.2) is 18.4 Å². The minimum atomic E-state index is -0.557. The molecule has 1 aromatic carbocycles. The van der Waals surface area contributed by atoms with Gasteiger partial charge in [0.25, 0.3) is 0 Å². The summed E-state index contributed by atoms with van der Waals surface area (Å²) in [6.45, 7) is 0.746. The summed E-state index contributed by atoms with van der Waals surface area (Å²) in [5.41, 5.74) is 6.65. The number of halogens is 1. The Labute approximate surface area is 127 Å². The largest absolute Gasteiger partial charge is 0.454 e. The van der Waals surface area contributed by atoms with E-state index in [2.05, 4.69) is 15.9 Å². The fourth-order valence-corrected chi connectivity index (χ4v) is 3.92. The molecule has 0 bridgehead atoms. The molecule has 1 aliphatic carbocycles. The summed E-state index contributed by atoms with van der Waals surface area (Å²) in [6.07, 6.45) is 4.92. The first-order chi connectivity index (χ1) is 9.66. The third kappa shape index (κ3) is 2.32. The summed E-state index contributed by atoms with van der Waals surface area (Å²) in [5.74, 6) is 1.41. The summed E-state index contributed by atoms with van der Waals surface area (Å²) in [7, 11) is 0. The van der Waals surface area contributed by atoms with Crippen LogP contribution in [0.4, 0.5) is 0 Å². The number of rotatable bonds is 3. The second-order valence-electron chi connectivity index (χ2n) is 5.77. The topological polar surface area (TPSA) is 64.7 Å². The van der Waals surface area contributed by atoms with Gasteiger partial charge in [-0.25, -0.2) is 0 Å². The highest BCUT2D eigenvalue weighted by Gasteiger charge is 2.39. The monoisotopic (exact) mass is 341 g/mol. The number of fused-ring (bicyclic) bond motifs is 1. The zero-order chi connectivity index (χ0) is 14.2. The van der Waals surface area contributed by atoms with Gasteiger partial charge in [-0.1, -0.05) is 19.3 Å². The van der Waals surface area contributed by atoms with Gasteiger partial charge in [-0.3, -0.25) is 0 Å². The van der Waals surface area contributed by atoms with E-state index in [-0.39, 0.29) is 12.2 Å². The summed E-state index contributed by atoms with van der Waals surface area (Å²) in [4.78, 5) is 0. The molecular weight excluding hydrogens is 322 g/mol. The molecule has 1 fully saturated rings. The molecule has 0 spiro atoms. The maximum atomic E-state index is 10.9. The van der Waals surface area contributed by atoms with Crippen molar-refractivity contribution >= 4 is 15.9 Å². The first-order valence-corrected chi connectivity index (χ1v) is 7.93. The Hall–Kier alpha value is -0.780. The minimum absolute atomic E-state index is 0.203. The van der Waals surface area contributed by atoms with Gasteiger partial charge in [0.05, 0.1) is 10.6 Å². The summed E-state index contributed by atoms with van der Waals surface area (Å²) in [6, 6.07) is 3.80. The van der Waals surface area contributed by atoms with E-state index in [1.165, 1.54) is 6.42 Å². The molecule has 1 saturated carbocycles. The highest BCUT2D eigenvalue weighted by Crippen LogP contribution is 2.48. The number of ether oxygens (including phenoxy) is 2. The van der Waals surface area contributed by atoms with Crippen LogP contribution in [0.5, 0.6) is 11.5 Å². The van der Waals surface area contributed by atoms with Gasteiger partial charge in [0.15, 0.2) is 11.5 Å². The van der Waals surface area contributed by atoms with E-state index in [1.54, 1.807) is 0 Å². The molecule has 3 N–H and O–H groups in total. The van der Waals surface area contributed by atoms with E-state index in [0.29, 0.717) is 18.0 Å². The number of benzene rings is 1. The molecule has 1 aliphatic heterocycles. The van der Waals surface area contributed by atoms with E-state index in [9.17, 15) is 5.11 Å². The normalized spacial score (nSPS) is 21.8. The summed E-state index contributed by atoms with van der Waals surface area (Å²) >= 11 is 3.48. The Kier molecular flexibility index (Phi) is 3.93. The second kappa shape index (κ2) is 5.54. The van der Waals surface area contributed by atoms with Gasteiger partial charge in [-0.15, -0.1) is 0 Å². The molecule has 3 rings (SSSR count). The molecule has 20 heavy (non-hydrogen) atoms. The van der Waals surface area contributed by atoms with Crippen LogP contribution in [0.25, 0.3) is 0 Å². The molecule has 2 aliphatic rings. The van der Waals surface area contributed by atoms with Crippen LogP contribution in [0, 0.1) is 5.41 Å². The van der Waals surface area contributed by atoms with Crippen molar-refractivity contribution in [2.24, 2.45) is 11.1 Å². The van der Waals surface area contributed by atoms with Crippen LogP contribution in [0.3, 0.4) is 0 Å². The lowest BCUT2D eigenvalue weighted by molar-refractivity contribution is 0.000565. The molecule has 4 nitrogen and oxygen atoms in total. The third-order valence-electron chi connectivity index (χ3n) is 4.60. The molecule has 1 unspecified atom stereocenters. The molecule has 0 radical (unpaired) electrons. The fraction of sp³-hybridized carbons (Fsp3) is 0.600. The summed E-state index contributed by atoms with van der Waals surface area (Å²) < 4.78 is 11.6. The van der Waals surface area contributed by atoms with Gasteiger partial charge in [0, 0.05) is 12.0 Å². The smallest absolute Gasteiger partial charge is 0.231 e. The van der Waals surface area contributed by atoms with Crippen molar-refractivity contribution in [2.45, 2.75) is 38.2 Å². The van der Waals surface area contributed by atoms with E-state index in [0.717, 1.165) is 35.7 Å². The molecule has 0 aromatic heterocycles. The van der Waals surface area contributed by atoms with E-state index >= 15 is 0 Å². The first kappa shape index (κ1) is 14.2. The average Bonchev–Trinajstić information content (AvgIpc) is 2.96. The van der Waals surface area contributed by atoms with Crippen LogP contribution in [0.2, 0.25) is 0 Å². The Balaban J connectivity index is 1.93. The lowest BCUT2D eigenvalue weighted by Gasteiger charge is -2.40. The molecule has 1 atom stereocenters. The van der Waals surface area contributed by atoms with Crippen molar-refractivity contribution in [3.05, 3.63) is 22.2 Å². The fourth-order valence-electron chi connectivity index (χ4n) is 3.34.